The molecule has 0 saturated carbocycles. The van der Waals surface area contributed by atoms with Gasteiger partial charge in [0.2, 0.25) is 0 Å². The molecular weight excluding hydrogens is 274 g/mol. The predicted octanol–water partition coefficient (Wildman–Crippen LogP) is 2.99. The fourth-order valence-corrected chi connectivity index (χ4v) is 2.50. The smallest absolute Gasteiger partial charge is 0.180 e. The highest BCUT2D eigenvalue weighted by molar-refractivity contribution is 6.29. The molecule has 0 saturated heterocycles. The third-order valence-corrected chi connectivity index (χ3v) is 3.41. The first-order valence-electron chi connectivity index (χ1n) is 6.03. The summed E-state index contributed by atoms with van der Waals surface area (Å²) in [6.45, 7) is 0. The second kappa shape index (κ2) is 4.25. The first kappa shape index (κ1) is 11.3. The average Bonchev–Trinajstić information content (AvgIpc) is 2.92. The second-order valence-electron chi connectivity index (χ2n) is 4.33. The number of benzene rings is 1. The number of nitrogens with zero attached hydrogens (tertiary/aromatic N) is 5. The minimum atomic E-state index is 0.468. The molecule has 1 aromatic carbocycles. The summed E-state index contributed by atoms with van der Waals surface area (Å²) in [4.78, 5) is 8.44. The van der Waals surface area contributed by atoms with Gasteiger partial charge < -0.3 is 0 Å². The summed E-state index contributed by atoms with van der Waals surface area (Å²) < 4.78 is 1.76. The van der Waals surface area contributed by atoms with Gasteiger partial charge >= 0.3 is 0 Å². The van der Waals surface area contributed by atoms with E-state index in [1.165, 1.54) is 0 Å². The Morgan fingerprint density at radius 3 is 2.85 bits per heavy atom. The molecule has 0 unspecified atom stereocenters. The molecule has 6 heteroatoms. The number of aromatic nitrogens is 5. The van der Waals surface area contributed by atoms with E-state index >= 15 is 0 Å². The molecule has 0 N–H and O–H groups in total. The van der Waals surface area contributed by atoms with Crippen molar-refractivity contribution in [3.05, 3.63) is 54.1 Å². The molecule has 96 valence electrons. The van der Waals surface area contributed by atoms with Crippen LogP contribution in [0.15, 0.2) is 48.9 Å². The molecule has 4 aromatic rings. The van der Waals surface area contributed by atoms with Gasteiger partial charge in [0.1, 0.15) is 5.15 Å². The molecule has 3 aromatic heterocycles. The molecule has 0 bridgehead atoms. The van der Waals surface area contributed by atoms with Crippen LogP contribution in [0, 0.1) is 0 Å². The van der Waals surface area contributed by atoms with E-state index in [0.29, 0.717) is 16.6 Å². The largest absolute Gasteiger partial charge is 0.262 e. The van der Waals surface area contributed by atoms with Crippen molar-refractivity contribution in [1.82, 2.24) is 24.6 Å². The highest BCUT2D eigenvalue weighted by Crippen LogP contribution is 2.27. The van der Waals surface area contributed by atoms with Gasteiger partial charge in [-0.15, -0.1) is 10.2 Å². The van der Waals surface area contributed by atoms with Crippen molar-refractivity contribution in [3.63, 3.8) is 0 Å². The SMILES string of the molecule is Clc1cncc2nnc(-c3cccc4cccnc34)n12. The first-order chi connectivity index (χ1) is 9.84. The Kier molecular flexibility index (Phi) is 2.40. The molecule has 0 aliphatic carbocycles. The summed E-state index contributed by atoms with van der Waals surface area (Å²) in [7, 11) is 0. The zero-order valence-electron chi connectivity index (χ0n) is 10.2. The van der Waals surface area contributed by atoms with Crippen molar-refractivity contribution in [2.24, 2.45) is 0 Å². The molecule has 0 radical (unpaired) electrons. The lowest BCUT2D eigenvalue weighted by molar-refractivity contribution is 1.11. The van der Waals surface area contributed by atoms with Gasteiger partial charge in [-0.05, 0) is 12.1 Å². The molecule has 3 heterocycles. The van der Waals surface area contributed by atoms with Crippen molar-refractivity contribution in [1.29, 1.82) is 0 Å². The van der Waals surface area contributed by atoms with Crippen LogP contribution in [0.2, 0.25) is 5.15 Å². The fourth-order valence-electron chi connectivity index (χ4n) is 2.27. The maximum atomic E-state index is 6.20. The highest BCUT2D eigenvalue weighted by atomic mass is 35.5. The fraction of sp³-hybridized carbons (Fsp3) is 0. The lowest BCUT2D eigenvalue weighted by atomic mass is 10.1. The van der Waals surface area contributed by atoms with Crippen molar-refractivity contribution < 1.29 is 0 Å². The van der Waals surface area contributed by atoms with Crippen LogP contribution in [0.3, 0.4) is 0 Å². The number of pyridine rings is 1. The Bertz CT molecular complexity index is 926. The molecule has 0 aliphatic heterocycles. The van der Waals surface area contributed by atoms with E-state index in [0.717, 1.165) is 16.5 Å². The average molecular weight is 282 g/mol. The molecule has 0 aliphatic rings. The number of hydrogen-bond acceptors (Lipinski definition) is 4. The van der Waals surface area contributed by atoms with Crippen LogP contribution < -0.4 is 0 Å². The van der Waals surface area contributed by atoms with Gasteiger partial charge in [0.05, 0.1) is 17.9 Å². The summed E-state index contributed by atoms with van der Waals surface area (Å²) in [6, 6.07) is 9.86. The minimum absolute atomic E-state index is 0.468. The molecule has 0 amide bonds. The van der Waals surface area contributed by atoms with Crippen molar-refractivity contribution in [3.8, 4) is 11.4 Å². The van der Waals surface area contributed by atoms with Gasteiger partial charge in [0.25, 0.3) is 0 Å². The topological polar surface area (TPSA) is 56.0 Å². The summed E-state index contributed by atoms with van der Waals surface area (Å²) in [5.74, 6) is 0.664. The van der Waals surface area contributed by atoms with Crippen LogP contribution in [0.4, 0.5) is 0 Å². The molecule has 0 atom stereocenters. The molecule has 0 fully saturated rings. The van der Waals surface area contributed by atoms with E-state index in [1.807, 2.05) is 30.3 Å². The number of rotatable bonds is 1. The first-order valence-corrected chi connectivity index (χ1v) is 6.41. The Hall–Kier alpha value is -2.53. The minimum Gasteiger partial charge on any atom is -0.262 e. The van der Waals surface area contributed by atoms with Crippen LogP contribution in [0.25, 0.3) is 27.9 Å². The Morgan fingerprint density at radius 1 is 1.00 bits per heavy atom. The number of halogens is 1. The Balaban J connectivity index is 2.12. The summed E-state index contributed by atoms with van der Waals surface area (Å²) >= 11 is 6.20. The third-order valence-electron chi connectivity index (χ3n) is 3.15. The molecular formula is C14H8ClN5. The number of hydrogen-bond donors (Lipinski definition) is 0. The third kappa shape index (κ3) is 1.57. The lowest BCUT2D eigenvalue weighted by Crippen LogP contribution is -1.94. The van der Waals surface area contributed by atoms with Gasteiger partial charge in [0, 0.05) is 17.1 Å². The van der Waals surface area contributed by atoms with Gasteiger partial charge in [-0.25, -0.2) is 0 Å². The van der Waals surface area contributed by atoms with E-state index < -0.39 is 0 Å². The van der Waals surface area contributed by atoms with Gasteiger partial charge in [-0.3, -0.25) is 14.4 Å². The highest BCUT2D eigenvalue weighted by Gasteiger charge is 2.13. The lowest BCUT2D eigenvalue weighted by Gasteiger charge is -2.05. The van der Waals surface area contributed by atoms with E-state index in [-0.39, 0.29) is 0 Å². The summed E-state index contributed by atoms with van der Waals surface area (Å²) in [5.41, 5.74) is 2.38. The van der Waals surface area contributed by atoms with Gasteiger partial charge in [0.15, 0.2) is 11.5 Å². The predicted molar refractivity (Wildman–Crippen MR) is 76.5 cm³/mol. The van der Waals surface area contributed by atoms with Gasteiger partial charge in [-0.2, -0.15) is 0 Å². The van der Waals surface area contributed by atoms with E-state index in [2.05, 4.69) is 20.2 Å². The zero-order valence-corrected chi connectivity index (χ0v) is 11.0. The number of para-hydroxylation sites is 1. The number of fused-ring (bicyclic) bond motifs is 2. The van der Waals surface area contributed by atoms with Crippen molar-refractivity contribution >= 4 is 28.2 Å². The van der Waals surface area contributed by atoms with E-state index in [1.54, 1.807) is 23.0 Å². The van der Waals surface area contributed by atoms with E-state index in [4.69, 9.17) is 11.6 Å². The normalized spacial score (nSPS) is 11.2. The maximum absolute atomic E-state index is 6.20. The van der Waals surface area contributed by atoms with Crippen LogP contribution in [-0.2, 0) is 0 Å². The van der Waals surface area contributed by atoms with E-state index in [9.17, 15) is 0 Å². The Morgan fingerprint density at radius 2 is 1.90 bits per heavy atom. The maximum Gasteiger partial charge on any atom is 0.180 e. The van der Waals surface area contributed by atoms with Crippen LogP contribution >= 0.6 is 11.6 Å². The molecule has 5 nitrogen and oxygen atoms in total. The zero-order chi connectivity index (χ0) is 13.5. The standard InChI is InChI=1S/C14H8ClN5/c15-11-7-16-8-12-18-19-14(20(11)12)10-5-1-3-9-4-2-6-17-13(9)10/h1-8H. The van der Waals surface area contributed by atoms with Crippen LogP contribution in [0.1, 0.15) is 0 Å². The molecule has 4 rings (SSSR count). The molecule has 0 spiro atoms. The van der Waals surface area contributed by atoms with Crippen molar-refractivity contribution in [2.45, 2.75) is 0 Å². The quantitative estimate of drug-likeness (QED) is 0.538. The van der Waals surface area contributed by atoms with Gasteiger partial charge in [-0.1, -0.05) is 29.8 Å². The monoisotopic (exact) mass is 281 g/mol. The summed E-state index contributed by atoms with van der Waals surface area (Å²) in [6.07, 6.45) is 4.96. The van der Waals surface area contributed by atoms with Crippen LogP contribution in [-0.4, -0.2) is 24.6 Å². The van der Waals surface area contributed by atoms with Crippen LogP contribution in [0.5, 0.6) is 0 Å². The second-order valence-corrected chi connectivity index (χ2v) is 4.72. The summed E-state index contributed by atoms with van der Waals surface area (Å²) in [5, 5.41) is 9.84. The van der Waals surface area contributed by atoms with Crippen molar-refractivity contribution in [2.75, 3.05) is 0 Å². The Labute approximate surface area is 118 Å². The molecule has 20 heavy (non-hydrogen) atoms.